The molecule has 0 spiro atoms. The summed E-state index contributed by atoms with van der Waals surface area (Å²) < 4.78 is 18.8. The lowest BCUT2D eigenvalue weighted by Gasteiger charge is -2.16. The Hall–Kier alpha value is -1.49. The van der Waals surface area contributed by atoms with Crippen LogP contribution in [0.2, 0.25) is 0 Å². The van der Waals surface area contributed by atoms with E-state index in [9.17, 15) is 4.39 Å². The average Bonchev–Trinajstić information content (AvgIpc) is 2.30. The number of hydrogen-bond donors (Lipinski definition) is 3. The van der Waals surface area contributed by atoms with Gasteiger partial charge < -0.3 is 20.9 Å². The Labute approximate surface area is 101 Å². The molecule has 0 heterocycles. The van der Waals surface area contributed by atoms with Crippen molar-refractivity contribution in [1.82, 2.24) is 0 Å². The molecule has 5 heteroatoms. The molecule has 0 aliphatic carbocycles. The zero-order valence-electron chi connectivity index (χ0n) is 10.2. The van der Waals surface area contributed by atoms with Gasteiger partial charge in [-0.15, -0.1) is 0 Å². The van der Waals surface area contributed by atoms with E-state index in [1.54, 1.807) is 6.92 Å². The number of nitrogens with one attached hydrogen (secondary N) is 1. The van der Waals surface area contributed by atoms with Crippen LogP contribution in [0.3, 0.4) is 0 Å². The Balaban J connectivity index is 2.89. The summed E-state index contributed by atoms with van der Waals surface area (Å²) in [6.07, 6.45) is 0.805. The first-order valence-electron chi connectivity index (χ1n) is 5.67. The van der Waals surface area contributed by atoms with Gasteiger partial charge in [-0.05, 0) is 13.3 Å². The molecule has 4 N–H and O–H groups in total. The summed E-state index contributed by atoms with van der Waals surface area (Å²) in [7, 11) is 0. The van der Waals surface area contributed by atoms with Crippen molar-refractivity contribution in [3.63, 3.8) is 0 Å². The molecule has 0 aliphatic heterocycles. The maximum Gasteiger partial charge on any atom is 0.167 e. The molecular formula is C12H19FN2O2. The van der Waals surface area contributed by atoms with Crippen molar-refractivity contribution in [2.45, 2.75) is 26.3 Å². The summed E-state index contributed by atoms with van der Waals surface area (Å²) in [6.45, 7) is 4.18. The van der Waals surface area contributed by atoms with Crippen molar-refractivity contribution in [3.05, 3.63) is 17.9 Å². The largest absolute Gasteiger partial charge is 0.490 e. The van der Waals surface area contributed by atoms with Gasteiger partial charge in [0.1, 0.15) is 0 Å². The van der Waals surface area contributed by atoms with Crippen LogP contribution in [0.5, 0.6) is 5.75 Å². The molecule has 1 aromatic rings. The monoisotopic (exact) mass is 242 g/mol. The second-order valence-corrected chi connectivity index (χ2v) is 3.95. The minimum absolute atomic E-state index is 0.0258. The summed E-state index contributed by atoms with van der Waals surface area (Å²) in [4.78, 5) is 0. The third-order valence-electron chi connectivity index (χ3n) is 2.24. The lowest BCUT2D eigenvalue weighted by atomic mass is 10.2. The summed E-state index contributed by atoms with van der Waals surface area (Å²) >= 11 is 0. The van der Waals surface area contributed by atoms with E-state index in [0.717, 1.165) is 6.42 Å². The zero-order chi connectivity index (χ0) is 12.8. The summed E-state index contributed by atoms with van der Waals surface area (Å²) in [6, 6.07) is 2.59. The number of nitrogens with two attached hydrogens (primary N) is 1. The van der Waals surface area contributed by atoms with Crippen LogP contribution in [0.15, 0.2) is 12.1 Å². The van der Waals surface area contributed by atoms with Crippen molar-refractivity contribution in [1.29, 1.82) is 0 Å². The summed E-state index contributed by atoms with van der Waals surface area (Å²) in [5, 5.41) is 11.9. The van der Waals surface area contributed by atoms with Crippen LogP contribution < -0.4 is 15.8 Å². The molecule has 1 aromatic carbocycles. The average molecular weight is 242 g/mol. The number of nitrogen functional groups attached to an aromatic ring is 1. The molecule has 0 saturated heterocycles. The molecule has 17 heavy (non-hydrogen) atoms. The number of aliphatic hydroxyl groups excluding tert-OH is 1. The molecule has 1 atom stereocenters. The van der Waals surface area contributed by atoms with Gasteiger partial charge in [-0.25, -0.2) is 4.39 Å². The highest BCUT2D eigenvalue weighted by Gasteiger charge is 2.10. The lowest BCUT2D eigenvalue weighted by Crippen LogP contribution is -2.20. The molecule has 1 unspecified atom stereocenters. The van der Waals surface area contributed by atoms with Gasteiger partial charge in [-0.2, -0.15) is 0 Å². The highest BCUT2D eigenvalue weighted by Crippen LogP contribution is 2.28. The van der Waals surface area contributed by atoms with E-state index in [0.29, 0.717) is 18.0 Å². The Kier molecular flexibility index (Phi) is 5.03. The first kappa shape index (κ1) is 13.6. The van der Waals surface area contributed by atoms with Gasteiger partial charge in [0.2, 0.25) is 0 Å². The first-order chi connectivity index (χ1) is 8.08. The Morgan fingerprint density at radius 1 is 1.53 bits per heavy atom. The standard InChI is InChI=1S/C12H19FN2O2/c1-3-4-17-12-6-11(15-8(2)7-16)10(14)5-9(12)13/h5-6,8,15-16H,3-4,7,14H2,1-2H3. The molecule has 96 valence electrons. The van der Waals surface area contributed by atoms with Crippen LogP contribution in [0, 0.1) is 5.82 Å². The van der Waals surface area contributed by atoms with E-state index in [1.165, 1.54) is 12.1 Å². The smallest absolute Gasteiger partial charge is 0.167 e. The van der Waals surface area contributed by atoms with Crippen LogP contribution in [0.4, 0.5) is 15.8 Å². The predicted octanol–water partition coefficient (Wildman–Crippen LogP) is 1.99. The van der Waals surface area contributed by atoms with Crippen LogP contribution in [-0.4, -0.2) is 24.4 Å². The molecule has 4 nitrogen and oxygen atoms in total. The fourth-order valence-corrected chi connectivity index (χ4v) is 1.33. The van der Waals surface area contributed by atoms with E-state index < -0.39 is 5.82 Å². The van der Waals surface area contributed by atoms with E-state index >= 15 is 0 Å². The van der Waals surface area contributed by atoms with Gasteiger partial charge in [0.25, 0.3) is 0 Å². The second-order valence-electron chi connectivity index (χ2n) is 3.95. The summed E-state index contributed by atoms with van der Waals surface area (Å²) in [5.74, 6) is -0.299. The third-order valence-corrected chi connectivity index (χ3v) is 2.24. The van der Waals surface area contributed by atoms with Crippen LogP contribution in [-0.2, 0) is 0 Å². The highest BCUT2D eigenvalue weighted by atomic mass is 19.1. The van der Waals surface area contributed by atoms with Gasteiger partial charge in [0, 0.05) is 18.2 Å². The van der Waals surface area contributed by atoms with Crippen molar-refractivity contribution < 1.29 is 14.2 Å². The molecule has 0 aromatic heterocycles. The fraction of sp³-hybridized carbons (Fsp3) is 0.500. The van der Waals surface area contributed by atoms with Gasteiger partial charge >= 0.3 is 0 Å². The Morgan fingerprint density at radius 2 is 2.24 bits per heavy atom. The molecule has 0 fully saturated rings. The normalized spacial score (nSPS) is 12.2. The van der Waals surface area contributed by atoms with Gasteiger partial charge in [0.15, 0.2) is 11.6 Å². The van der Waals surface area contributed by atoms with Crippen LogP contribution >= 0.6 is 0 Å². The SMILES string of the molecule is CCCOc1cc(NC(C)CO)c(N)cc1F. The van der Waals surface area contributed by atoms with E-state index in [2.05, 4.69) is 5.32 Å². The molecule has 0 amide bonds. The molecule has 0 bridgehead atoms. The second kappa shape index (κ2) is 6.30. The minimum Gasteiger partial charge on any atom is -0.490 e. The van der Waals surface area contributed by atoms with E-state index in [-0.39, 0.29) is 18.4 Å². The number of anilines is 2. The molecule has 0 saturated carbocycles. The topological polar surface area (TPSA) is 67.5 Å². The van der Waals surface area contributed by atoms with E-state index in [1.807, 2.05) is 6.92 Å². The predicted molar refractivity (Wildman–Crippen MR) is 66.8 cm³/mol. The van der Waals surface area contributed by atoms with Crippen molar-refractivity contribution in [2.24, 2.45) is 0 Å². The zero-order valence-corrected chi connectivity index (χ0v) is 10.2. The molecule has 1 rings (SSSR count). The number of benzene rings is 1. The fourth-order valence-electron chi connectivity index (χ4n) is 1.33. The van der Waals surface area contributed by atoms with Crippen LogP contribution in [0.1, 0.15) is 20.3 Å². The number of aliphatic hydroxyl groups is 1. The number of rotatable bonds is 6. The van der Waals surface area contributed by atoms with Gasteiger partial charge in [-0.1, -0.05) is 6.92 Å². The first-order valence-corrected chi connectivity index (χ1v) is 5.67. The van der Waals surface area contributed by atoms with Crippen molar-refractivity contribution in [2.75, 3.05) is 24.3 Å². The Bertz CT molecular complexity index is 372. The Morgan fingerprint density at radius 3 is 2.82 bits per heavy atom. The number of hydrogen-bond acceptors (Lipinski definition) is 4. The summed E-state index contributed by atoms with van der Waals surface area (Å²) in [5.41, 5.74) is 6.55. The molecule has 0 radical (unpaired) electrons. The van der Waals surface area contributed by atoms with E-state index in [4.69, 9.17) is 15.6 Å². The number of halogens is 1. The molecule has 0 aliphatic rings. The quantitative estimate of drug-likeness (QED) is 0.667. The highest BCUT2D eigenvalue weighted by molar-refractivity contribution is 5.68. The van der Waals surface area contributed by atoms with Crippen molar-refractivity contribution >= 4 is 11.4 Å². The maximum absolute atomic E-state index is 13.5. The number of ether oxygens (including phenoxy) is 1. The maximum atomic E-state index is 13.5. The third kappa shape index (κ3) is 3.78. The van der Waals surface area contributed by atoms with Gasteiger partial charge in [0.05, 0.1) is 24.6 Å². The lowest BCUT2D eigenvalue weighted by molar-refractivity contribution is 0.281. The van der Waals surface area contributed by atoms with Gasteiger partial charge in [-0.3, -0.25) is 0 Å². The van der Waals surface area contributed by atoms with Crippen LogP contribution in [0.25, 0.3) is 0 Å². The van der Waals surface area contributed by atoms with Crippen molar-refractivity contribution in [3.8, 4) is 5.75 Å². The minimum atomic E-state index is -0.474. The molecular weight excluding hydrogens is 223 g/mol.